The smallest absolute Gasteiger partial charge is 0.405 e. The Morgan fingerprint density at radius 3 is 2.44 bits per heavy atom. The molecule has 0 atom stereocenters. The molecule has 1 rings (SSSR count). The molecule has 1 aromatic carbocycles. The van der Waals surface area contributed by atoms with Gasteiger partial charge in [0.15, 0.2) is 6.61 Å². The fourth-order valence-corrected chi connectivity index (χ4v) is 3.05. The highest BCUT2D eigenvalue weighted by Gasteiger charge is 2.27. The highest BCUT2D eigenvalue weighted by atomic mass is 35.5. The van der Waals surface area contributed by atoms with E-state index in [4.69, 9.17) is 11.6 Å². The van der Waals surface area contributed by atoms with Crippen molar-refractivity contribution in [3.8, 4) is 0 Å². The van der Waals surface area contributed by atoms with Gasteiger partial charge in [0.2, 0.25) is 10.0 Å². The van der Waals surface area contributed by atoms with Crippen LogP contribution in [0.15, 0.2) is 29.2 Å². The Labute approximate surface area is 146 Å². The molecule has 12 heteroatoms. The Bertz CT molecular complexity index is 725. The summed E-state index contributed by atoms with van der Waals surface area (Å²) in [6, 6.07) is 5.66. The van der Waals surface area contributed by atoms with Crippen LogP contribution in [0.1, 0.15) is 6.42 Å². The molecular weight excluding hydrogens is 389 g/mol. The second-order valence-electron chi connectivity index (χ2n) is 4.63. The average molecular weight is 403 g/mol. The standard InChI is InChI=1S/C13H14ClF3N2O5S/c14-9-3-1-2-4-10(9)25(22,23)19-6-5-12(21)24-7-11(20)18-8-13(15,16)17/h1-4,19H,5-8H2,(H,18,20). The van der Waals surface area contributed by atoms with Gasteiger partial charge in [-0.3, -0.25) is 9.59 Å². The molecule has 0 radical (unpaired) electrons. The minimum atomic E-state index is -4.57. The Hall–Kier alpha value is -1.85. The van der Waals surface area contributed by atoms with Crippen molar-refractivity contribution in [2.45, 2.75) is 17.5 Å². The van der Waals surface area contributed by atoms with Crippen molar-refractivity contribution in [2.75, 3.05) is 19.7 Å². The number of sulfonamides is 1. The van der Waals surface area contributed by atoms with Gasteiger partial charge in [-0.15, -0.1) is 0 Å². The first kappa shape index (κ1) is 21.2. The molecular formula is C13H14ClF3N2O5S. The minimum Gasteiger partial charge on any atom is -0.456 e. The lowest BCUT2D eigenvalue weighted by Crippen LogP contribution is -2.36. The number of ether oxygens (including phenoxy) is 1. The van der Waals surface area contributed by atoms with Crippen LogP contribution in [0, 0.1) is 0 Å². The number of benzene rings is 1. The third kappa shape index (κ3) is 8.18. The number of carbonyl (C=O) groups excluding carboxylic acids is 2. The molecule has 0 saturated heterocycles. The number of nitrogens with one attached hydrogen (secondary N) is 2. The summed E-state index contributed by atoms with van der Waals surface area (Å²) in [7, 11) is -3.94. The summed E-state index contributed by atoms with van der Waals surface area (Å²) in [6.07, 6.45) is -4.99. The maximum Gasteiger partial charge on any atom is 0.405 e. The molecule has 0 fully saturated rings. The van der Waals surface area contributed by atoms with E-state index in [0.717, 1.165) is 0 Å². The Morgan fingerprint density at radius 1 is 1.20 bits per heavy atom. The summed E-state index contributed by atoms with van der Waals surface area (Å²) in [5.41, 5.74) is 0. The van der Waals surface area contributed by atoms with Gasteiger partial charge < -0.3 is 10.1 Å². The van der Waals surface area contributed by atoms with E-state index >= 15 is 0 Å². The topological polar surface area (TPSA) is 102 Å². The molecule has 0 aliphatic rings. The summed E-state index contributed by atoms with van der Waals surface area (Å²) in [5, 5.41) is 1.52. The first-order valence-electron chi connectivity index (χ1n) is 6.74. The van der Waals surface area contributed by atoms with Crippen molar-refractivity contribution in [1.82, 2.24) is 10.0 Å². The van der Waals surface area contributed by atoms with E-state index in [1.165, 1.54) is 23.5 Å². The van der Waals surface area contributed by atoms with Gasteiger partial charge in [0.05, 0.1) is 11.4 Å². The first-order valence-corrected chi connectivity index (χ1v) is 8.60. The molecule has 7 nitrogen and oxygen atoms in total. The Balaban J connectivity index is 2.35. The highest BCUT2D eigenvalue weighted by molar-refractivity contribution is 7.89. The number of amides is 1. The third-order valence-corrected chi connectivity index (χ3v) is 4.56. The number of carbonyl (C=O) groups is 2. The van der Waals surface area contributed by atoms with Crippen molar-refractivity contribution in [1.29, 1.82) is 0 Å². The van der Waals surface area contributed by atoms with Crippen LogP contribution in [0.4, 0.5) is 13.2 Å². The molecule has 0 heterocycles. The zero-order chi connectivity index (χ0) is 19.1. The average Bonchev–Trinajstić information content (AvgIpc) is 2.50. The molecule has 0 aliphatic heterocycles. The monoisotopic (exact) mass is 402 g/mol. The molecule has 0 bridgehead atoms. The summed E-state index contributed by atoms with van der Waals surface area (Å²) >= 11 is 5.76. The second kappa shape index (κ2) is 9.02. The lowest BCUT2D eigenvalue weighted by Gasteiger charge is -2.09. The fourth-order valence-electron chi connectivity index (χ4n) is 1.50. The zero-order valence-electron chi connectivity index (χ0n) is 12.6. The van der Waals surface area contributed by atoms with Crippen molar-refractivity contribution in [3.05, 3.63) is 29.3 Å². The second-order valence-corrected chi connectivity index (χ2v) is 6.77. The van der Waals surface area contributed by atoms with Gasteiger partial charge in [-0.1, -0.05) is 23.7 Å². The van der Waals surface area contributed by atoms with Gasteiger partial charge in [0, 0.05) is 6.54 Å². The van der Waals surface area contributed by atoms with Crippen molar-refractivity contribution >= 4 is 33.5 Å². The van der Waals surface area contributed by atoms with Crippen LogP contribution in [0.2, 0.25) is 5.02 Å². The predicted molar refractivity (Wildman–Crippen MR) is 81.3 cm³/mol. The van der Waals surface area contributed by atoms with Crippen LogP contribution in [0.25, 0.3) is 0 Å². The Morgan fingerprint density at radius 2 is 1.84 bits per heavy atom. The SMILES string of the molecule is O=C(COC(=O)CCNS(=O)(=O)c1ccccc1Cl)NCC(F)(F)F. The number of rotatable bonds is 8. The van der Waals surface area contributed by atoms with E-state index in [-0.39, 0.29) is 16.5 Å². The number of alkyl halides is 3. The van der Waals surface area contributed by atoms with Crippen molar-refractivity contribution in [3.63, 3.8) is 0 Å². The van der Waals surface area contributed by atoms with E-state index < -0.39 is 47.6 Å². The van der Waals surface area contributed by atoms with Crippen LogP contribution >= 0.6 is 11.6 Å². The minimum absolute atomic E-state index is 0.00101. The number of hydrogen-bond acceptors (Lipinski definition) is 5. The van der Waals surface area contributed by atoms with E-state index in [2.05, 4.69) is 9.46 Å². The predicted octanol–water partition coefficient (Wildman–Crippen LogP) is 1.23. The van der Waals surface area contributed by atoms with E-state index in [1.54, 1.807) is 6.07 Å². The summed E-state index contributed by atoms with van der Waals surface area (Å²) in [6.45, 7) is -2.77. The quantitative estimate of drug-likeness (QED) is 0.637. The lowest BCUT2D eigenvalue weighted by atomic mass is 10.4. The van der Waals surface area contributed by atoms with Crippen LogP contribution in [-0.4, -0.2) is 46.2 Å². The van der Waals surface area contributed by atoms with Crippen molar-refractivity contribution < 1.29 is 35.9 Å². The van der Waals surface area contributed by atoms with Crippen LogP contribution < -0.4 is 10.0 Å². The summed E-state index contributed by atoms with van der Waals surface area (Å²) in [5.74, 6) is -2.08. The molecule has 1 aromatic rings. The van der Waals surface area contributed by atoms with Gasteiger partial charge in [0.25, 0.3) is 5.91 Å². The number of esters is 1. The number of halogens is 4. The molecule has 140 valence electrons. The van der Waals surface area contributed by atoms with Gasteiger partial charge in [-0.2, -0.15) is 13.2 Å². The zero-order valence-corrected chi connectivity index (χ0v) is 14.2. The molecule has 0 aliphatic carbocycles. The van der Waals surface area contributed by atoms with E-state index in [0.29, 0.717) is 0 Å². The maximum atomic E-state index is 12.0. The first-order chi connectivity index (χ1) is 11.5. The molecule has 0 spiro atoms. The fraction of sp³-hybridized carbons (Fsp3) is 0.385. The van der Waals surface area contributed by atoms with E-state index in [9.17, 15) is 31.2 Å². The number of hydrogen-bond donors (Lipinski definition) is 2. The van der Waals surface area contributed by atoms with Crippen LogP contribution in [0.3, 0.4) is 0 Å². The normalized spacial score (nSPS) is 11.8. The van der Waals surface area contributed by atoms with Gasteiger partial charge in [-0.25, -0.2) is 13.1 Å². The lowest BCUT2D eigenvalue weighted by molar-refractivity contribution is -0.151. The van der Waals surface area contributed by atoms with Gasteiger partial charge >= 0.3 is 12.1 Å². The van der Waals surface area contributed by atoms with E-state index in [1.807, 2.05) is 0 Å². The van der Waals surface area contributed by atoms with Crippen molar-refractivity contribution in [2.24, 2.45) is 0 Å². The largest absolute Gasteiger partial charge is 0.456 e. The third-order valence-electron chi connectivity index (χ3n) is 2.60. The maximum absolute atomic E-state index is 12.0. The molecule has 0 aromatic heterocycles. The molecule has 0 unspecified atom stereocenters. The molecule has 1 amide bonds. The Kier molecular flexibility index (Phi) is 7.64. The van der Waals surface area contributed by atoms with Crippen LogP contribution in [0.5, 0.6) is 0 Å². The van der Waals surface area contributed by atoms with Gasteiger partial charge in [-0.05, 0) is 12.1 Å². The molecule has 25 heavy (non-hydrogen) atoms. The summed E-state index contributed by atoms with van der Waals surface area (Å²) < 4.78 is 66.1. The van der Waals surface area contributed by atoms with Crippen LogP contribution in [-0.2, 0) is 24.3 Å². The molecule has 0 saturated carbocycles. The summed E-state index contributed by atoms with van der Waals surface area (Å²) in [4.78, 5) is 22.2. The molecule has 2 N–H and O–H groups in total. The van der Waals surface area contributed by atoms with Gasteiger partial charge in [0.1, 0.15) is 11.4 Å². The highest BCUT2D eigenvalue weighted by Crippen LogP contribution is 2.19.